The third-order valence-electron chi connectivity index (χ3n) is 3.27. The maximum absolute atomic E-state index is 5.97. The van der Waals surface area contributed by atoms with Gasteiger partial charge in [-0.3, -0.25) is 0 Å². The lowest BCUT2D eigenvalue weighted by molar-refractivity contribution is -0.0420. The maximum Gasteiger partial charge on any atom is 0.0710 e. The summed E-state index contributed by atoms with van der Waals surface area (Å²) in [5, 5.41) is 1.15. The van der Waals surface area contributed by atoms with Crippen LogP contribution in [-0.2, 0) is 4.74 Å². The Hall–Kier alpha value is 0.400. The van der Waals surface area contributed by atoms with Gasteiger partial charge in [0.15, 0.2) is 0 Å². The molecule has 2 saturated heterocycles. The van der Waals surface area contributed by atoms with Gasteiger partial charge in [0.1, 0.15) is 0 Å². The quantitative estimate of drug-likeness (QED) is 0.723. The zero-order chi connectivity index (χ0) is 10.2. The van der Waals surface area contributed by atoms with Crippen molar-refractivity contribution in [3.63, 3.8) is 0 Å². The van der Waals surface area contributed by atoms with Crippen LogP contribution in [0.1, 0.15) is 26.7 Å². The van der Waals surface area contributed by atoms with Crippen molar-refractivity contribution < 1.29 is 4.74 Å². The van der Waals surface area contributed by atoms with Crippen molar-refractivity contribution in [3.8, 4) is 0 Å². The van der Waals surface area contributed by atoms with Crippen LogP contribution in [0.5, 0.6) is 0 Å². The summed E-state index contributed by atoms with van der Waals surface area (Å²) in [4.78, 5) is 2.51. The molecule has 0 amide bonds. The first-order valence-electron chi connectivity index (χ1n) is 5.55. The Morgan fingerprint density at radius 3 is 2.64 bits per heavy atom. The van der Waals surface area contributed by atoms with Crippen LogP contribution in [-0.4, -0.2) is 41.6 Å². The molecular weight excluding hydrogens is 242 g/mol. The molecule has 1 unspecified atom stereocenters. The predicted octanol–water partition coefficient (Wildman–Crippen LogP) is 2.27. The van der Waals surface area contributed by atoms with Gasteiger partial charge in [0.2, 0.25) is 0 Å². The molecule has 2 aliphatic rings. The fourth-order valence-electron chi connectivity index (χ4n) is 2.42. The van der Waals surface area contributed by atoms with Crippen LogP contribution in [0.4, 0.5) is 0 Å². The van der Waals surface area contributed by atoms with Crippen molar-refractivity contribution in [1.82, 2.24) is 4.90 Å². The van der Waals surface area contributed by atoms with E-state index in [4.69, 9.17) is 4.74 Å². The molecule has 0 aromatic heterocycles. The van der Waals surface area contributed by atoms with Crippen LogP contribution in [0.15, 0.2) is 0 Å². The van der Waals surface area contributed by atoms with Crippen LogP contribution in [0, 0.1) is 5.92 Å². The standard InChI is InChI=1S/C11H20BrNO/c1-11(2)4-3-10(14-11)8-13-6-9(5-12)7-13/h9-10H,3-8H2,1-2H3. The number of nitrogens with zero attached hydrogens (tertiary/aromatic N) is 1. The molecule has 0 spiro atoms. The van der Waals surface area contributed by atoms with E-state index in [-0.39, 0.29) is 5.60 Å². The normalized spacial score (nSPS) is 33.2. The van der Waals surface area contributed by atoms with E-state index >= 15 is 0 Å². The fraction of sp³-hybridized carbons (Fsp3) is 1.00. The van der Waals surface area contributed by atoms with Crippen LogP contribution in [0.3, 0.4) is 0 Å². The summed E-state index contributed by atoms with van der Waals surface area (Å²) in [7, 11) is 0. The molecule has 14 heavy (non-hydrogen) atoms. The van der Waals surface area contributed by atoms with E-state index in [1.165, 1.54) is 25.9 Å². The van der Waals surface area contributed by atoms with E-state index < -0.39 is 0 Å². The fourth-order valence-corrected chi connectivity index (χ4v) is 2.83. The molecule has 0 radical (unpaired) electrons. The summed E-state index contributed by atoms with van der Waals surface area (Å²) in [6, 6.07) is 0. The average molecular weight is 262 g/mol. The van der Waals surface area contributed by atoms with Crippen LogP contribution < -0.4 is 0 Å². The van der Waals surface area contributed by atoms with Crippen LogP contribution in [0.25, 0.3) is 0 Å². The Bertz CT molecular complexity index is 201. The first kappa shape index (κ1) is 10.9. The maximum atomic E-state index is 5.97. The highest BCUT2D eigenvalue weighted by Gasteiger charge is 2.35. The van der Waals surface area contributed by atoms with Crippen molar-refractivity contribution >= 4 is 15.9 Å². The second-order valence-corrected chi connectivity index (χ2v) is 5.92. The molecule has 2 heterocycles. The zero-order valence-corrected chi connectivity index (χ0v) is 10.7. The van der Waals surface area contributed by atoms with Gasteiger partial charge in [-0.1, -0.05) is 15.9 Å². The summed E-state index contributed by atoms with van der Waals surface area (Å²) in [5.41, 5.74) is 0.129. The van der Waals surface area contributed by atoms with E-state index in [0.29, 0.717) is 6.10 Å². The summed E-state index contributed by atoms with van der Waals surface area (Å²) in [6.07, 6.45) is 2.94. The first-order chi connectivity index (χ1) is 6.59. The minimum Gasteiger partial charge on any atom is -0.371 e. The van der Waals surface area contributed by atoms with Gasteiger partial charge < -0.3 is 9.64 Å². The molecule has 0 aliphatic carbocycles. The summed E-state index contributed by atoms with van der Waals surface area (Å²) in [5.74, 6) is 0.879. The second kappa shape index (κ2) is 4.11. The number of likely N-dealkylation sites (tertiary alicyclic amines) is 1. The summed E-state index contributed by atoms with van der Waals surface area (Å²) < 4.78 is 5.97. The van der Waals surface area contributed by atoms with Crippen LogP contribution >= 0.6 is 15.9 Å². The van der Waals surface area contributed by atoms with E-state index in [1.54, 1.807) is 0 Å². The number of alkyl halides is 1. The van der Waals surface area contributed by atoms with Gasteiger partial charge in [-0.05, 0) is 32.6 Å². The van der Waals surface area contributed by atoms with Gasteiger partial charge in [0.05, 0.1) is 11.7 Å². The van der Waals surface area contributed by atoms with E-state index in [1.807, 2.05) is 0 Å². The van der Waals surface area contributed by atoms with E-state index in [0.717, 1.165) is 17.8 Å². The average Bonchev–Trinajstić information content (AvgIpc) is 2.37. The molecule has 2 fully saturated rings. The smallest absolute Gasteiger partial charge is 0.0710 e. The highest BCUT2D eigenvalue weighted by atomic mass is 79.9. The molecule has 2 rings (SSSR count). The molecule has 1 atom stereocenters. The molecule has 0 N–H and O–H groups in total. The number of rotatable bonds is 3. The van der Waals surface area contributed by atoms with Crippen LogP contribution in [0.2, 0.25) is 0 Å². The zero-order valence-electron chi connectivity index (χ0n) is 9.13. The second-order valence-electron chi connectivity index (χ2n) is 5.28. The number of ether oxygens (including phenoxy) is 1. The molecule has 3 heteroatoms. The van der Waals surface area contributed by atoms with Gasteiger partial charge >= 0.3 is 0 Å². The number of halogens is 1. The lowest BCUT2D eigenvalue weighted by Crippen LogP contribution is -2.50. The molecule has 82 valence electrons. The molecule has 2 nitrogen and oxygen atoms in total. The largest absolute Gasteiger partial charge is 0.371 e. The predicted molar refractivity (Wildman–Crippen MR) is 61.9 cm³/mol. The monoisotopic (exact) mass is 261 g/mol. The summed E-state index contributed by atoms with van der Waals surface area (Å²) in [6.45, 7) is 8.05. The number of hydrogen-bond acceptors (Lipinski definition) is 2. The third kappa shape index (κ3) is 2.50. The van der Waals surface area contributed by atoms with Crippen molar-refractivity contribution in [3.05, 3.63) is 0 Å². The van der Waals surface area contributed by atoms with E-state index in [2.05, 4.69) is 34.7 Å². The van der Waals surface area contributed by atoms with Crippen molar-refractivity contribution in [2.45, 2.75) is 38.4 Å². The molecule has 0 aromatic carbocycles. The van der Waals surface area contributed by atoms with Gasteiger partial charge in [0.25, 0.3) is 0 Å². The topological polar surface area (TPSA) is 12.5 Å². The lowest BCUT2D eigenvalue weighted by Gasteiger charge is -2.39. The molecule has 0 bridgehead atoms. The Kier molecular flexibility index (Phi) is 3.20. The van der Waals surface area contributed by atoms with Crippen molar-refractivity contribution in [1.29, 1.82) is 0 Å². The van der Waals surface area contributed by atoms with Gasteiger partial charge in [-0.25, -0.2) is 0 Å². The minimum atomic E-state index is 0.129. The van der Waals surface area contributed by atoms with Crippen molar-refractivity contribution in [2.24, 2.45) is 5.92 Å². The Labute approximate surface area is 95.1 Å². The van der Waals surface area contributed by atoms with Gasteiger partial charge in [0, 0.05) is 25.0 Å². The van der Waals surface area contributed by atoms with Gasteiger partial charge in [-0.15, -0.1) is 0 Å². The Morgan fingerprint density at radius 1 is 1.43 bits per heavy atom. The van der Waals surface area contributed by atoms with Crippen molar-refractivity contribution in [2.75, 3.05) is 25.0 Å². The summed E-state index contributed by atoms with van der Waals surface area (Å²) >= 11 is 3.53. The number of hydrogen-bond donors (Lipinski definition) is 0. The SMILES string of the molecule is CC1(C)CCC(CN2CC(CBr)C2)O1. The van der Waals surface area contributed by atoms with Gasteiger partial charge in [-0.2, -0.15) is 0 Å². The highest BCUT2D eigenvalue weighted by molar-refractivity contribution is 9.09. The third-order valence-corrected chi connectivity index (χ3v) is 4.18. The lowest BCUT2D eigenvalue weighted by atomic mass is 10.0. The molecule has 2 aliphatic heterocycles. The Morgan fingerprint density at radius 2 is 2.14 bits per heavy atom. The molecular formula is C11H20BrNO. The van der Waals surface area contributed by atoms with E-state index in [9.17, 15) is 0 Å². The first-order valence-corrected chi connectivity index (χ1v) is 6.67. The minimum absolute atomic E-state index is 0.129. The molecule has 0 saturated carbocycles. The molecule has 0 aromatic rings. The Balaban J connectivity index is 1.68. The highest BCUT2D eigenvalue weighted by Crippen LogP contribution is 2.31.